The van der Waals surface area contributed by atoms with Gasteiger partial charge in [0, 0.05) is 23.9 Å². The topological polar surface area (TPSA) is 149 Å². The van der Waals surface area contributed by atoms with Gasteiger partial charge < -0.3 is 21.8 Å². The zero-order chi connectivity index (χ0) is 24.2. The van der Waals surface area contributed by atoms with E-state index in [0.29, 0.717) is 41.4 Å². The van der Waals surface area contributed by atoms with Gasteiger partial charge in [0.25, 0.3) is 11.8 Å². The Hall–Kier alpha value is -4.47. The van der Waals surface area contributed by atoms with Crippen molar-refractivity contribution in [2.24, 2.45) is 5.73 Å². The fraction of sp³-hybridized carbons (Fsp3) is 0.208. The summed E-state index contributed by atoms with van der Waals surface area (Å²) in [4.78, 5) is 47.7. The summed E-state index contributed by atoms with van der Waals surface area (Å²) >= 11 is 0. The van der Waals surface area contributed by atoms with Crippen LogP contribution in [-0.4, -0.2) is 43.8 Å². The predicted molar refractivity (Wildman–Crippen MR) is 127 cm³/mol. The zero-order valence-corrected chi connectivity index (χ0v) is 18.6. The molecule has 5 N–H and O–H groups in total. The first kappa shape index (κ1) is 22.7. The van der Waals surface area contributed by atoms with Crippen molar-refractivity contribution in [3.63, 3.8) is 0 Å². The summed E-state index contributed by atoms with van der Waals surface area (Å²) < 4.78 is 1.17. The smallest absolute Gasteiger partial charge is 0.269 e. The molecule has 0 spiro atoms. The van der Waals surface area contributed by atoms with E-state index in [1.807, 2.05) is 0 Å². The Labute approximate surface area is 196 Å². The van der Waals surface area contributed by atoms with Crippen LogP contribution in [-0.2, 0) is 4.79 Å². The number of nitrogens with one attached hydrogen (secondary N) is 1. The monoisotopic (exact) mass is 459 g/mol. The molecule has 1 atom stereocenters. The second kappa shape index (κ2) is 9.57. The number of hydrogen-bond donors (Lipinski definition) is 3. The van der Waals surface area contributed by atoms with E-state index < -0.39 is 5.91 Å². The Morgan fingerprint density at radius 3 is 2.56 bits per heavy atom. The van der Waals surface area contributed by atoms with Gasteiger partial charge in [-0.05, 0) is 50.1 Å². The number of benzene rings is 1. The predicted octanol–water partition coefficient (Wildman–Crippen LogP) is 2.25. The van der Waals surface area contributed by atoms with Crippen LogP contribution in [0.25, 0.3) is 11.3 Å². The fourth-order valence-electron chi connectivity index (χ4n) is 4.06. The highest BCUT2D eigenvalue weighted by atomic mass is 16.2. The molecule has 10 heteroatoms. The van der Waals surface area contributed by atoms with Crippen LogP contribution in [0.2, 0.25) is 0 Å². The number of allylic oxidation sites excluding steroid dienone is 1. The van der Waals surface area contributed by atoms with E-state index in [0.717, 1.165) is 6.42 Å². The molecule has 174 valence electrons. The number of nitrogens with zero attached hydrogens (tertiary/aromatic N) is 4. The van der Waals surface area contributed by atoms with Gasteiger partial charge in [-0.3, -0.25) is 14.4 Å². The molecular formula is C24H25N7O3. The van der Waals surface area contributed by atoms with Crippen molar-refractivity contribution < 1.29 is 14.4 Å². The Morgan fingerprint density at radius 2 is 1.91 bits per heavy atom. The first-order valence-corrected chi connectivity index (χ1v) is 10.8. The van der Waals surface area contributed by atoms with Crippen LogP contribution >= 0.6 is 0 Å². The molecule has 1 aromatic carbocycles. The number of amides is 3. The van der Waals surface area contributed by atoms with Crippen LogP contribution in [0, 0.1) is 0 Å². The van der Waals surface area contributed by atoms with E-state index in [4.69, 9.17) is 11.6 Å². The molecule has 1 aliphatic heterocycles. The quantitative estimate of drug-likeness (QED) is 0.380. The SMILES string of the molecule is C/C=C/C(=O)N1CCCC1c1nc(-c2ccc(C(=O)Nc3ccccn3)cc2)c(C(N)=O)n1N. The van der Waals surface area contributed by atoms with Crippen LogP contribution in [0.4, 0.5) is 5.82 Å². The number of carbonyl (C=O) groups excluding carboxylic acids is 3. The lowest BCUT2D eigenvalue weighted by molar-refractivity contribution is -0.127. The van der Waals surface area contributed by atoms with Crippen LogP contribution in [0.15, 0.2) is 60.8 Å². The third-order valence-electron chi connectivity index (χ3n) is 5.64. The van der Waals surface area contributed by atoms with Gasteiger partial charge in [0.05, 0.1) is 6.04 Å². The largest absolute Gasteiger partial charge is 0.364 e. The van der Waals surface area contributed by atoms with Crippen molar-refractivity contribution >= 4 is 23.5 Å². The van der Waals surface area contributed by atoms with Gasteiger partial charge in [0.2, 0.25) is 5.91 Å². The van der Waals surface area contributed by atoms with E-state index in [1.54, 1.807) is 66.6 Å². The van der Waals surface area contributed by atoms with Crippen molar-refractivity contribution in [2.45, 2.75) is 25.8 Å². The van der Waals surface area contributed by atoms with Crippen LogP contribution in [0.3, 0.4) is 0 Å². The van der Waals surface area contributed by atoms with Crippen molar-refractivity contribution in [2.75, 3.05) is 17.7 Å². The third kappa shape index (κ3) is 4.38. The number of likely N-dealkylation sites (tertiary alicyclic amines) is 1. The lowest BCUT2D eigenvalue weighted by Crippen LogP contribution is -2.33. The fourth-order valence-corrected chi connectivity index (χ4v) is 4.06. The molecule has 4 rings (SSSR count). The van der Waals surface area contributed by atoms with Crippen molar-refractivity contribution in [1.82, 2.24) is 19.5 Å². The molecule has 0 aliphatic carbocycles. The molecule has 10 nitrogen and oxygen atoms in total. The van der Waals surface area contributed by atoms with E-state index >= 15 is 0 Å². The van der Waals surface area contributed by atoms with Gasteiger partial charge in [-0.2, -0.15) is 0 Å². The number of anilines is 1. The lowest BCUT2D eigenvalue weighted by atomic mass is 10.1. The number of carbonyl (C=O) groups is 3. The number of imidazole rings is 1. The van der Waals surface area contributed by atoms with Gasteiger partial charge >= 0.3 is 0 Å². The van der Waals surface area contributed by atoms with E-state index in [-0.39, 0.29) is 23.6 Å². The molecule has 1 fully saturated rings. The van der Waals surface area contributed by atoms with Crippen molar-refractivity contribution in [3.05, 3.63) is 77.9 Å². The highest BCUT2D eigenvalue weighted by molar-refractivity contribution is 6.04. The summed E-state index contributed by atoms with van der Waals surface area (Å²) in [5, 5.41) is 2.72. The summed E-state index contributed by atoms with van der Waals surface area (Å²) in [6.07, 6.45) is 6.22. The standard InChI is InChI=1S/C24H25N7O3/c1-2-6-19(32)30-14-5-7-17(30)23-29-20(21(22(25)33)31(23)26)15-9-11-16(12-10-15)24(34)28-18-8-3-4-13-27-18/h2-4,6,8-13,17H,5,7,14,26H2,1H3,(H2,25,33)(H,27,28,34)/b6-2+. The number of nitrogens with two attached hydrogens (primary N) is 2. The molecule has 1 unspecified atom stereocenters. The second-order valence-corrected chi connectivity index (χ2v) is 7.84. The highest BCUT2D eigenvalue weighted by Gasteiger charge is 2.34. The molecule has 0 radical (unpaired) electrons. The van der Waals surface area contributed by atoms with Gasteiger partial charge in [0.1, 0.15) is 11.5 Å². The summed E-state index contributed by atoms with van der Waals surface area (Å²) in [7, 11) is 0. The minimum Gasteiger partial charge on any atom is -0.364 e. The van der Waals surface area contributed by atoms with Crippen LogP contribution in [0.5, 0.6) is 0 Å². The number of primary amides is 1. The first-order chi connectivity index (χ1) is 16.4. The molecule has 0 saturated carbocycles. The average molecular weight is 460 g/mol. The Balaban J connectivity index is 1.65. The second-order valence-electron chi connectivity index (χ2n) is 7.84. The van der Waals surface area contributed by atoms with E-state index in [2.05, 4.69) is 15.3 Å². The molecule has 0 bridgehead atoms. The van der Waals surface area contributed by atoms with Gasteiger partial charge in [-0.1, -0.05) is 24.3 Å². The van der Waals surface area contributed by atoms with Crippen molar-refractivity contribution in [3.8, 4) is 11.3 Å². The number of aromatic nitrogens is 3. The molecule has 1 aliphatic rings. The molecule has 34 heavy (non-hydrogen) atoms. The summed E-state index contributed by atoms with van der Waals surface area (Å²) in [5.41, 5.74) is 6.93. The first-order valence-electron chi connectivity index (χ1n) is 10.8. The molecule has 3 heterocycles. The average Bonchev–Trinajstić information content (AvgIpc) is 3.44. The maximum atomic E-state index is 12.5. The molecule has 3 amide bonds. The van der Waals surface area contributed by atoms with Crippen molar-refractivity contribution in [1.29, 1.82) is 0 Å². The zero-order valence-electron chi connectivity index (χ0n) is 18.6. The Bertz CT molecular complexity index is 1250. The number of nitrogen functional groups attached to an aromatic ring is 1. The molecule has 3 aromatic rings. The normalized spacial score (nSPS) is 15.6. The maximum Gasteiger partial charge on any atom is 0.269 e. The Kier molecular flexibility index (Phi) is 6.39. The number of pyridine rings is 1. The summed E-state index contributed by atoms with van der Waals surface area (Å²) in [6, 6.07) is 11.4. The third-order valence-corrected chi connectivity index (χ3v) is 5.64. The maximum absolute atomic E-state index is 12.5. The van der Waals surface area contributed by atoms with Gasteiger partial charge in [0.15, 0.2) is 11.5 Å². The molecule has 2 aromatic heterocycles. The minimum absolute atomic E-state index is 0.0334. The van der Waals surface area contributed by atoms with Gasteiger partial charge in [-0.15, -0.1) is 0 Å². The number of rotatable bonds is 6. The Morgan fingerprint density at radius 1 is 1.15 bits per heavy atom. The number of hydrogen-bond acceptors (Lipinski definition) is 6. The highest BCUT2D eigenvalue weighted by Crippen LogP contribution is 2.34. The summed E-state index contributed by atoms with van der Waals surface area (Å²) in [6.45, 7) is 2.35. The van der Waals surface area contributed by atoms with Crippen LogP contribution in [0.1, 0.15) is 52.5 Å². The van der Waals surface area contributed by atoms with Gasteiger partial charge in [-0.25, -0.2) is 14.6 Å². The van der Waals surface area contributed by atoms with E-state index in [9.17, 15) is 14.4 Å². The lowest BCUT2D eigenvalue weighted by Gasteiger charge is -2.22. The minimum atomic E-state index is -0.738. The van der Waals surface area contributed by atoms with E-state index in [1.165, 1.54) is 10.8 Å². The van der Waals surface area contributed by atoms with Crippen LogP contribution < -0.4 is 16.9 Å². The summed E-state index contributed by atoms with van der Waals surface area (Å²) in [5.74, 6) is 5.87. The molecular weight excluding hydrogens is 434 g/mol. The molecule has 1 saturated heterocycles.